The van der Waals surface area contributed by atoms with Gasteiger partial charge in [0.05, 0.1) is 22.2 Å². The van der Waals surface area contributed by atoms with Crippen LogP contribution >= 0.6 is 15.9 Å². The van der Waals surface area contributed by atoms with Gasteiger partial charge in [-0.25, -0.2) is 9.37 Å². The van der Waals surface area contributed by atoms with Crippen molar-refractivity contribution in [2.75, 3.05) is 0 Å². The fourth-order valence-corrected chi connectivity index (χ4v) is 2.90. The van der Waals surface area contributed by atoms with Gasteiger partial charge in [-0.15, -0.1) is 0 Å². The van der Waals surface area contributed by atoms with Gasteiger partial charge in [0.25, 0.3) is 5.56 Å². The van der Waals surface area contributed by atoms with Crippen LogP contribution in [-0.4, -0.2) is 15.3 Å². The molecule has 102 valence electrons. The number of carbonyl (C=O) groups excluding carboxylic acids is 1. The molecule has 2 aromatic carbocycles. The van der Waals surface area contributed by atoms with Gasteiger partial charge in [-0.1, -0.05) is 15.9 Å². The Balaban J connectivity index is 2.18. The van der Waals surface area contributed by atoms with E-state index in [2.05, 4.69) is 20.9 Å². The molecule has 0 fully saturated rings. The molecule has 0 bridgehead atoms. The number of rotatable bonds is 0. The summed E-state index contributed by atoms with van der Waals surface area (Å²) < 4.78 is 15.3. The normalized spacial score (nSPS) is 12.6. The molecule has 0 saturated carbocycles. The predicted octanol–water partition coefficient (Wildman–Crippen LogP) is 2.83. The Morgan fingerprint density at radius 2 is 1.90 bits per heavy atom. The Labute approximate surface area is 126 Å². The largest absolute Gasteiger partial charge is 0.285 e. The van der Waals surface area contributed by atoms with Crippen molar-refractivity contribution in [3.8, 4) is 5.69 Å². The van der Waals surface area contributed by atoms with E-state index in [0.717, 1.165) is 10.5 Å². The summed E-state index contributed by atoms with van der Waals surface area (Å²) in [5, 5.41) is 0.401. The molecule has 0 unspecified atom stereocenters. The maximum atomic E-state index is 13.3. The number of nitrogens with zero attached hydrogens (tertiary/aromatic N) is 2. The van der Waals surface area contributed by atoms with Gasteiger partial charge in [0, 0.05) is 4.47 Å². The average molecular weight is 345 g/mol. The number of hydrogen-bond donors (Lipinski definition) is 0. The zero-order valence-electron chi connectivity index (χ0n) is 10.4. The summed E-state index contributed by atoms with van der Waals surface area (Å²) in [4.78, 5) is 29.2. The van der Waals surface area contributed by atoms with E-state index in [0.29, 0.717) is 16.6 Å². The van der Waals surface area contributed by atoms with Gasteiger partial charge in [0.1, 0.15) is 5.82 Å². The maximum absolute atomic E-state index is 13.3. The topological polar surface area (TPSA) is 52.0 Å². The van der Waals surface area contributed by atoms with E-state index in [1.807, 2.05) is 0 Å². The molecule has 1 aliphatic rings. The number of carbonyl (C=O) groups is 1. The number of aromatic nitrogens is 2. The second kappa shape index (κ2) is 4.08. The Bertz CT molecular complexity index is 1010. The van der Waals surface area contributed by atoms with E-state index in [1.54, 1.807) is 18.2 Å². The molecule has 0 aliphatic carbocycles. The van der Waals surface area contributed by atoms with E-state index in [-0.39, 0.29) is 16.9 Å². The highest BCUT2D eigenvalue weighted by molar-refractivity contribution is 9.10. The minimum atomic E-state index is -0.518. The molecule has 0 spiro atoms. The first-order valence-electron chi connectivity index (χ1n) is 6.13. The van der Waals surface area contributed by atoms with Crippen molar-refractivity contribution < 1.29 is 9.18 Å². The van der Waals surface area contributed by atoms with Gasteiger partial charge >= 0.3 is 0 Å². The van der Waals surface area contributed by atoms with Crippen LogP contribution in [0.1, 0.15) is 16.2 Å². The van der Waals surface area contributed by atoms with Gasteiger partial charge in [-0.05, 0) is 36.4 Å². The minimum Gasteiger partial charge on any atom is -0.285 e. The standard InChI is InChI=1S/C15H6BrFN2O2/c16-7-1-3-11-9(5-7)15(21)19-12-4-2-8(17)6-10(12)13(20)14(19)18-11/h1-6H. The third-order valence-corrected chi connectivity index (χ3v) is 3.97. The zero-order valence-corrected chi connectivity index (χ0v) is 12.0. The Hall–Kier alpha value is -2.34. The first-order valence-corrected chi connectivity index (χ1v) is 6.92. The van der Waals surface area contributed by atoms with Gasteiger partial charge in [0.2, 0.25) is 5.78 Å². The fraction of sp³-hybridized carbons (Fsp3) is 0. The lowest BCUT2D eigenvalue weighted by atomic mass is 10.1. The Morgan fingerprint density at radius 3 is 2.71 bits per heavy atom. The number of benzene rings is 2. The lowest BCUT2D eigenvalue weighted by molar-refractivity contribution is 0.103. The van der Waals surface area contributed by atoms with Crippen molar-refractivity contribution >= 4 is 32.6 Å². The molecular formula is C15H6BrFN2O2. The molecule has 0 N–H and O–H groups in total. The Kier molecular flexibility index (Phi) is 2.41. The summed E-state index contributed by atoms with van der Waals surface area (Å²) in [7, 11) is 0. The highest BCUT2D eigenvalue weighted by Crippen LogP contribution is 2.27. The molecule has 4 rings (SSSR count). The third kappa shape index (κ3) is 1.62. The highest BCUT2D eigenvalue weighted by Gasteiger charge is 2.30. The molecule has 3 aromatic rings. The number of halogens is 2. The summed E-state index contributed by atoms with van der Waals surface area (Å²) >= 11 is 3.31. The van der Waals surface area contributed by atoms with Crippen LogP contribution < -0.4 is 5.56 Å². The SMILES string of the molecule is O=C1c2cc(F)ccc2-n2c1nc1ccc(Br)cc1c2=O. The van der Waals surface area contributed by atoms with E-state index < -0.39 is 11.6 Å². The van der Waals surface area contributed by atoms with Crippen LogP contribution in [0.5, 0.6) is 0 Å². The Morgan fingerprint density at radius 1 is 1.10 bits per heavy atom. The van der Waals surface area contributed by atoms with Gasteiger partial charge in [-0.3, -0.25) is 14.2 Å². The number of ketones is 1. The molecule has 0 radical (unpaired) electrons. The quantitative estimate of drug-likeness (QED) is 0.493. The summed E-state index contributed by atoms with van der Waals surface area (Å²) in [6.45, 7) is 0. The van der Waals surface area contributed by atoms with E-state index in [4.69, 9.17) is 0 Å². The van der Waals surface area contributed by atoms with Crippen LogP contribution in [0.3, 0.4) is 0 Å². The van der Waals surface area contributed by atoms with Crippen molar-refractivity contribution in [3.63, 3.8) is 0 Å². The lowest BCUT2D eigenvalue weighted by Crippen LogP contribution is -2.21. The van der Waals surface area contributed by atoms with E-state index >= 15 is 0 Å². The number of fused-ring (bicyclic) bond motifs is 4. The molecule has 1 aliphatic heterocycles. The molecule has 1 aromatic heterocycles. The van der Waals surface area contributed by atoms with Gasteiger partial charge < -0.3 is 0 Å². The molecule has 0 saturated heterocycles. The van der Waals surface area contributed by atoms with Crippen LogP contribution in [0, 0.1) is 5.82 Å². The fourth-order valence-electron chi connectivity index (χ4n) is 2.54. The smallest absolute Gasteiger partial charge is 0.266 e. The molecule has 21 heavy (non-hydrogen) atoms. The summed E-state index contributed by atoms with van der Waals surface area (Å²) in [6.07, 6.45) is 0. The van der Waals surface area contributed by atoms with Crippen LogP contribution in [0.15, 0.2) is 45.7 Å². The third-order valence-electron chi connectivity index (χ3n) is 3.48. The predicted molar refractivity (Wildman–Crippen MR) is 78.4 cm³/mol. The van der Waals surface area contributed by atoms with Gasteiger partial charge in [0.15, 0.2) is 5.82 Å². The highest BCUT2D eigenvalue weighted by atomic mass is 79.9. The second-order valence-corrected chi connectivity index (χ2v) is 5.64. The molecule has 0 amide bonds. The zero-order chi connectivity index (χ0) is 14.7. The molecule has 0 atom stereocenters. The molecule has 6 heteroatoms. The maximum Gasteiger partial charge on any atom is 0.266 e. The van der Waals surface area contributed by atoms with Crippen molar-refractivity contribution in [2.45, 2.75) is 0 Å². The number of hydrogen-bond acceptors (Lipinski definition) is 3. The summed E-state index contributed by atoms with van der Waals surface area (Å²) in [6, 6.07) is 8.84. The summed E-state index contributed by atoms with van der Waals surface area (Å²) in [5.41, 5.74) is 0.635. The first-order chi connectivity index (χ1) is 10.1. The van der Waals surface area contributed by atoms with Crippen LogP contribution in [0.2, 0.25) is 0 Å². The van der Waals surface area contributed by atoms with E-state index in [1.165, 1.54) is 16.7 Å². The van der Waals surface area contributed by atoms with Gasteiger partial charge in [-0.2, -0.15) is 0 Å². The molecular weight excluding hydrogens is 339 g/mol. The minimum absolute atomic E-state index is 0.0235. The first kappa shape index (κ1) is 12.4. The monoisotopic (exact) mass is 344 g/mol. The second-order valence-electron chi connectivity index (χ2n) is 4.73. The van der Waals surface area contributed by atoms with Crippen LogP contribution in [-0.2, 0) is 0 Å². The van der Waals surface area contributed by atoms with Crippen molar-refractivity contribution in [3.05, 3.63) is 68.4 Å². The lowest BCUT2D eigenvalue weighted by Gasteiger charge is -2.05. The van der Waals surface area contributed by atoms with Crippen molar-refractivity contribution in [2.24, 2.45) is 0 Å². The van der Waals surface area contributed by atoms with Crippen LogP contribution in [0.4, 0.5) is 4.39 Å². The van der Waals surface area contributed by atoms with Crippen molar-refractivity contribution in [1.82, 2.24) is 9.55 Å². The van der Waals surface area contributed by atoms with Crippen molar-refractivity contribution in [1.29, 1.82) is 0 Å². The summed E-state index contributed by atoms with van der Waals surface area (Å²) in [5.74, 6) is -0.933. The van der Waals surface area contributed by atoms with E-state index in [9.17, 15) is 14.0 Å². The average Bonchev–Trinajstić information content (AvgIpc) is 2.73. The molecule has 4 nitrogen and oxygen atoms in total. The van der Waals surface area contributed by atoms with Crippen LogP contribution in [0.25, 0.3) is 16.6 Å². The molecule has 2 heterocycles.